The van der Waals surface area contributed by atoms with E-state index in [-0.39, 0.29) is 11.7 Å². The second-order valence-corrected chi connectivity index (χ2v) is 5.08. The average Bonchev–Trinajstić information content (AvgIpc) is 2.33. The molecular formula is C12H14ClFINO2. The van der Waals surface area contributed by atoms with Crippen molar-refractivity contribution in [3.05, 3.63) is 33.1 Å². The molecule has 1 aromatic carbocycles. The van der Waals surface area contributed by atoms with Gasteiger partial charge < -0.3 is 10.1 Å². The highest BCUT2D eigenvalue weighted by Crippen LogP contribution is 2.13. The minimum Gasteiger partial charge on any atom is -0.380 e. The molecule has 0 bridgehead atoms. The van der Waals surface area contributed by atoms with Crippen molar-refractivity contribution in [3.8, 4) is 0 Å². The van der Waals surface area contributed by atoms with Gasteiger partial charge in [0.05, 0.1) is 12.2 Å². The molecule has 1 rings (SSSR count). The molecule has 6 heteroatoms. The predicted molar refractivity (Wildman–Crippen MR) is 77.6 cm³/mol. The number of carbonyl (C=O) groups is 1. The van der Waals surface area contributed by atoms with Crippen molar-refractivity contribution in [2.75, 3.05) is 25.6 Å². The van der Waals surface area contributed by atoms with Crippen LogP contribution in [0.3, 0.4) is 0 Å². The Kier molecular flexibility index (Phi) is 7.53. The SMILES string of the molecule is O=C(NCCCOCCCl)c1ccc(F)cc1I. The Labute approximate surface area is 124 Å². The summed E-state index contributed by atoms with van der Waals surface area (Å²) in [5.74, 6) is -0.0673. The fourth-order valence-corrected chi connectivity index (χ4v) is 2.13. The highest BCUT2D eigenvalue weighted by molar-refractivity contribution is 14.1. The van der Waals surface area contributed by atoms with E-state index in [0.29, 0.717) is 34.8 Å². The topological polar surface area (TPSA) is 38.3 Å². The number of nitrogens with one attached hydrogen (secondary N) is 1. The second-order valence-electron chi connectivity index (χ2n) is 3.53. The highest BCUT2D eigenvalue weighted by Gasteiger charge is 2.09. The lowest BCUT2D eigenvalue weighted by Crippen LogP contribution is -2.26. The van der Waals surface area contributed by atoms with Gasteiger partial charge in [-0.15, -0.1) is 11.6 Å². The summed E-state index contributed by atoms with van der Waals surface area (Å²) >= 11 is 7.39. The first-order chi connectivity index (χ1) is 8.65. The van der Waals surface area contributed by atoms with E-state index in [1.165, 1.54) is 18.2 Å². The molecule has 0 fully saturated rings. The Balaban J connectivity index is 2.32. The zero-order valence-corrected chi connectivity index (χ0v) is 12.6. The number of ether oxygens (including phenoxy) is 1. The fourth-order valence-electron chi connectivity index (χ4n) is 1.30. The van der Waals surface area contributed by atoms with Crippen LogP contribution in [0.15, 0.2) is 18.2 Å². The molecule has 0 aliphatic rings. The molecule has 0 heterocycles. The molecule has 0 aromatic heterocycles. The Hall–Kier alpha value is -0.400. The minimum absolute atomic E-state index is 0.197. The van der Waals surface area contributed by atoms with Crippen LogP contribution in [0.2, 0.25) is 0 Å². The second kappa shape index (κ2) is 8.66. The summed E-state index contributed by atoms with van der Waals surface area (Å²) in [5, 5.41) is 2.76. The molecule has 0 aliphatic carbocycles. The molecule has 1 N–H and O–H groups in total. The van der Waals surface area contributed by atoms with E-state index in [1.807, 2.05) is 22.6 Å². The van der Waals surface area contributed by atoms with Crippen LogP contribution in [0.4, 0.5) is 4.39 Å². The van der Waals surface area contributed by atoms with Crippen LogP contribution < -0.4 is 5.32 Å². The number of rotatable bonds is 7. The standard InChI is InChI=1S/C12H14ClFINO2/c13-4-7-18-6-1-5-16-12(17)10-3-2-9(14)8-11(10)15/h2-3,8H,1,4-7H2,(H,16,17). The van der Waals surface area contributed by atoms with Gasteiger partial charge in [-0.25, -0.2) is 4.39 Å². The molecule has 0 aliphatic heterocycles. The predicted octanol–water partition coefficient (Wildman–Crippen LogP) is 2.81. The number of halogens is 3. The van der Waals surface area contributed by atoms with Gasteiger partial charge in [0, 0.05) is 22.6 Å². The molecule has 18 heavy (non-hydrogen) atoms. The number of amides is 1. The van der Waals surface area contributed by atoms with Crippen LogP contribution in [0.25, 0.3) is 0 Å². The molecule has 0 saturated heterocycles. The Morgan fingerprint density at radius 2 is 2.22 bits per heavy atom. The number of carbonyl (C=O) groups excluding carboxylic acids is 1. The zero-order chi connectivity index (χ0) is 13.4. The maximum absolute atomic E-state index is 12.9. The summed E-state index contributed by atoms with van der Waals surface area (Å²) in [5.41, 5.74) is 0.485. The summed E-state index contributed by atoms with van der Waals surface area (Å²) in [6.07, 6.45) is 0.723. The first kappa shape index (κ1) is 15.7. The first-order valence-corrected chi connectivity index (χ1v) is 7.13. The van der Waals surface area contributed by atoms with Gasteiger partial charge in [0.15, 0.2) is 0 Å². The molecule has 1 amide bonds. The van der Waals surface area contributed by atoms with Gasteiger partial charge in [-0.2, -0.15) is 0 Å². The normalized spacial score (nSPS) is 10.4. The summed E-state index contributed by atoms with van der Waals surface area (Å²) in [7, 11) is 0. The van der Waals surface area contributed by atoms with Crippen molar-refractivity contribution in [1.82, 2.24) is 5.32 Å². The van der Waals surface area contributed by atoms with Crippen molar-refractivity contribution in [2.24, 2.45) is 0 Å². The lowest BCUT2D eigenvalue weighted by molar-refractivity contribution is 0.0943. The minimum atomic E-state index is -0.342. The van der Waals surface area contributed by atoms with E-state index in [4.69, 9.17) is 16.3 Å². The fraction of sp³-hybridized carbons (Fsp3) is 0.417. The molecule has 1 aromatic rings. The van der Waals surface area contributed by atoms with E-state index in [2.05, 4.69) is 5.32 Å². The number of hydrogen-bond acceptors (Lipinski definition) is 2. The molecule has 0 spiro atoms. The van der Waals surface area contributed by atoms with Crippen molar-refractivity contribution in [1.29, 1.82) is 0 Å². The summed E-state index contributed by atoms with van der Waals surface area (Å²) in [4.78, 5) is 11.8. The number of benzene rings is 1. The van der Waals surface area contributed by atoms with Crippen molar-refractivity contribution in [2.45, 2.75) is 6.42 Å². The van der Waals surface area contributed by atoms with E-state index in [0.717, 1.165) is 6.42 Å². The van der Waals surface area contributed by atoms with E-state index in [9.17, 15) is 9.18 Å². The van der Waals surface area contributed by atoms with Gasteiger partial charge in [0.25, 0.3) is 5.91 Å². The van der Waals surface area contributed by atoms with Crippen molar-refractivity contribution < 1.29 is 13.9 Å². The maximum atomic E-state index is 12.9. The Morgan fingerprint density at radius 1 is 1.44 bits per heavy atom. The van der Waals surface area contributed by atoms with E-state index in [1.54, 1.807) is 0 Å². The van der Waals surface area contributed by atoms with Gasteiger partial charge in [-0.3, -0.25) is 4.79 Å². The number of hydrogen-bond donors (Lipinski definition) is 1. The maximum Gasteiger partial charge on any atom is 0.252 e. The van der Waals surface area contributed by atoms with Gasteiger partial charge in [-0.05, 0) is 47.2 Å². The lowest BCUT2D eigenvalue weighted by Gasteiger charge is -2.07. The van der Waals surface area contributed by atoms with Gasteiger partial charge in [-0.1, -0.05) is 0 Å². The van der Waals surface area contributed by atoms with E-state index >= 15 is 0 Å². The summed E-state index contributed by atoms with van der Waals surface area (Å²) in [6.45, 7) is 1.60. The molecule has 0 atom stereocenters. The molecular weight excluding hydrogens is 371 g/mol. The Bertz CT molecular complexity index is 404. The van der Waals surface area contributed by atoms with Gasteiger partial charge in [0.1, 0.15) is 5.82 Å². The lowest BCUT2D eigenvalue weighted by atomic mass is 10.2. The molecule has 0 radical (unpaired) electrons. The summed E-state index contributed by atoms with van der Waals surface area (Å²) in [6, 6.07) is 4.09. The summed E-state index contributed by atoms with van der Waals surface area (Å²) < 4.78 is 18.6. The highest BCUT2D eigenvalue weighted by atomic mass is 127. The third-order valence-corrected chi connectivity index (χ3v) is 3.20. The van der Waals surface area contributed by atoms with Crippen LogP contribution in [-0.4, -0.2) is 31.5 Å². The van der Waals surface area contributed by atoms with E-state index < -0.39 is 0 Å². The van der Waals surface area contributed by atoms with Gasteiger partial charge in [0.2, 0.25) is 0 Å². The van der Waals surface area contributed by atoms with Crippen LogP contribution in [0.5, 0.6) is 0 Å². The van der Waals surface area contributed by atoms with Crippen LogP contribution in [-0.2, 0) is 4.74 Å². The third kappa shape index (κ3) is 5.49. The molecule has 0 saturated carbocycles. The first-order valence-electron chi connectivity index (χ1n) is 5.52. The number of alkyl halides is 1. The largest absolute Gasteiger partial charge is 0.380 e. The average molecular weight is 386 g/mol. The van der Waals surface area contributed by atoms with Crippen LogP contribution >= 0.6 is 34.2 Å². The quantitative estimate of drug-likeness (QED) is 0.445. The Morgan fingerprint density at radius 3 is 2.89 bits per heavy atom. The van der Waals surface area contributed by atoms with Crippen molar-refractivity contribution >= 4 is 40.1 Å². The monoisotopic (exact) mass is 385 g/mol. The van der Waals surface area contributed by atoms with Crippen molar-refractivity contribution in [3.63, 3.8) is 0 Å². The van der Waals surface area contributed by atoms with Crippen LogP contribution in [0, 0.1) is 9.39 Å². The third-order valence-electron chi connectivity index (χ3n) is 2.15. The molecule has 100 valence electrons. The zero-order valence-electron chi connectivity index (χ0n) is 9.72. The molecule has 3 nitrogen and oxygen atoms in total. The van der Waals surface area contributed by atoms with Gasteiger partial charge >= 0.3 is 0 Å². The smallest absolute Gasteiger partial charge is 0.252 e. The van der Waals surface area contributed by atoms with Crippen LogP contribution in [0.1, 0.15) is 16.8 Å². The molecule has 0 unspecified atom stereocenters.